The Bertz CT molecular complexity index is 160. The second-order valence-electron chi connectivity index (χ2n) is 4.22. The van der Waals surface area contributed by atoms with Crippen molar-refractivity contribution < 1.29 is 0 Å². The number of hydrogen-bond donors (Lipinski definition) is 1. The summed E-state index contributed by atoms with van der Waals surface area (Å²) >= 11 is 0. The van der Waals surface area contributed by atoms with Gasteiger partial charge in [-0.1, -0.05) is 32.9 Å². The van der Waals surface area contributed by atoms with Crippen molar-refractivity contribution in [3.8, 4) is 0 Å². The summed E-state index contributed by atoms with van der Waals surface area (Å²) in [6.07, 6.45) is 6.90. The molecule has 0 saturated carbocycles. The highest BCUT2D eigenvalue weighted by Crippen LogP contribution is 2.32. The van der Waals surface area contributed by atoms with Gasteiger partial charge in [0.05, 0.1) is 0 Å². The van der Waals surface area contributed by atoms with Crippen molar-refractivity contribution in [2.24, 2.45) is 23.5 Å². The number of allylic oxidation sites excluding steroid dienone is 1. The molecular formula is C11H21N. The van der Waals surface area contributed by atoms with E-state index in [0.29, 0.717) is 17.9 Å². The molecule has 0 radical (unpaired) electrons. The molecule has 70 valence electrons. The number of nitrogens with two attached hydrogens (primary N) is 1. The fourth-order valence-electron chi connectivity index (χ4n) is 2.41. The van der Waals surface area contributed by atoms with Gasteiger partial charge >= 0.3 is 0 Å². The zero-order valence-electron chi connectivity index (χ0n) is 8.46. The first kappa shape index (κ1) is 9.79. The van der Waals surface area contributed by atoms with E-state index < -0.39 is 0 Å². The molecule has 0 aromatic heterocycles. The van der Waals surface area contributed by atoms with Gasteiger partial charge in [-0.05, 0) is 30.6 Å². The van der Waals surface area contributed by atoms with Crippen LogP contribution in [-0.2, 0) is 0 Å². The maximum atomic E-state index is 6.09. The molecule has 2 N–H and O–H groups in total. The van der Waals surface area contributed by atoms with E-state index in [4.69, 9.17) is 5.73 Å². The third kappa shape index (κ3) is 1.89. The second kappa shape index (κ2) is 4.08. The summed E-state index contributed by atoms with van der Waals surface area (Å²) in [7, 11) is 0. The summed E-state index contributed by atoms with van der Waals surface area (Å²) in [5.41, 5.74) is 6.09. The average molecular weight is 167 g/mol. The third-order valence-electron chi connectivity index (χ3n) is 3.02. The van der Waals surface area contributed by atoms with Crippen LogP contribution in [0.4, 0.5) is 0 Å². The maximum Gasteiger partial charge on any atom is 0.0110 e. The zero-order chi connectivity index (χ0) is 9.14. The van der Waals surface area contributed by atoms with E-state index in [1.807, 2.05) is 0 Å². The van der Waals surface area contributed by atoms with E-state index in [0.717, 1.165) is 12.3 Å². The lowest BCUT2D eigenvalue weighted by atomic mass is 9.73. The summed E-state index contributed by atoms with van der Waals surface area (Å²) in [6, 6.07) is 0.389. The Morgan fingerprint density at radius 1 is 1.50 bits per heavy atom. The quantitative estimate of drug-likeness (QED) is 0.628. The monoisotopic (exact) mass is 167 g/mol. The number of rotatable bonds is 2. The molecule has 3 unspecified atom stereocenters. The molecule has 0 bridgehead atoms. The molecular weight excluding hydrogens is 146 g/mol. The van der Waals surface area contributed by atoms with Crippen LogP contribution in [0, 0.1) is 17.8 Å². The molecule has 0 aliphatic heterocycles. The number of hydrogen-bond acceptors (Lipinski definition) is 1. The molecule has 0 aromatic carbocycles. The highest BCUT2D eigenvalue weighted by molar-refractivity contribution is 5.02. The molecule has 12 heavy (non-hydrogen) atoms. The van der Waals surface area contributed by atoms with Crippen molar-refractivity contribution in [3.05, 3.63) is 12.2 Å². The molecule has 0 heterocycles. The molecule has 1 aliphatic rings. The van der Waals surface area contributed by atoms with Crippen molar-refractivity contribution >= 4 is 0 Å². The van der Waals surface area contributed by atoms with Gasteiger partial charge in [0.15, 0.2) is 0 Å². The SMILES string of the molecule is CCC1C=CCC(N)C1C(C)C. The summed E-state index contributed by atoms with van der Waals surface area (Å²) in [5, 5.41) is 0. The van der Waals surface area contributed by atoms with Gasteiger partial charge in [-0.15, -0.1) is 0 Å². The minimum atomic E-state index is 0.389. The minimum Gasteiger partial charge on any atom is -0.327 e. The van der Waals surface area contributed by atoms with Crippen LogP contribution in [0.1, 0.15) is 33.6 Å². The van der Waals surface area contributed by atoms with Crippen LogP contribution in [0.3, 0.4) is 0 Å². The van der Waals surface area contributed by atoms with Gasteiger partial charge in [-0.2, -0.15) is 0 Å². The smallest absolute Gasteiger partial charge is 0.0110 e. The van der Waals surface area contributed by atoms with Crippen LogP contribution in [0.15, 0.2) is 12.2 Å². The molecule has 1 aliphatic carbocycles. The normalized spacial score (nSPS) is 35.9. The van der Waals surface area contributed by atoms with E-state index >= 15 is 0 Å². The third-order valence-corrected chi connectivity index (χ3v) is 3.02. The Morgan fingerprint density at radius 3 is 2.58 bits per heavy atom. The van der Waals surface area contributed by atoms with Crippen LogP contribution >= 0.6 is 0 Å². The fourth-order valence-corrected chi connectivity index (χ4v) is 2.41. The highest BCUT2D eigenvalue weighted by Gasteiger charge is 2.28. The molecule has 1 rings (SSSR count). The van der Waals surface area contributed by atoms with Gasteiger partial charge in [0.25, 0.3) is 0 Å². The minimum absolute atomic E-state index is 0.389. The summed E-state index contributed by atoms with van der Waals surface area (Å²) < 4.78 is 0. The van der Waals surface area contributed by atoms with Crippen molar-refractivity contribution in [2.45, 2.75) is 39.7 Å². The van der Waals surface area contributed by atoms with Crippen molar-refractivity contribution in [1.29, 1.82) is 0 Å². The van der Waals surface area contributed by atoms with Gasteiger partial charge in [0.1, 0.15) is 0 Å². The Balaban J connectivity index is 2.70. The molecule has 0 saturated heterocycles. The molecule has 0 fully saturated rings. The van der Waals surface area contributed by atoms with E-state index in [1.165, 1.54) is 6.42 Å². The van der Waals surface area contributed by atoms with E-state index in [2.05, 4.69) is 32.9 Å². The van der Waals surface area contributed by atoms with Crippen LogP contribution < -0.4 is 5.73 Å². The highest BCUT2D eigenvalue weighted by atomic mass is 14.7. The van der Waals surface area contributed by atoms with Crippen LogP contribution in [-0.4, -0.2) is 6.04 Å². The fraction of sp³-hybridized carbons (Fsp3) is 0.818. The van der Waals surface area contributed by atoms with Gasteiger partial charge in [-0.25, -0.2) is 0 Å². The summed E-state index contributed by atoms with van der Waals surface area (Å²) in [6.45, 7) is 6.82. The summed E-state index contributed by atoms with van der Waals surface area (Å²) in [5.74, 6) is 2.13. The zero-order valence-corrected chi connectivity index (χ0v) is 8.46. The Morgan fingerprint density at radius 2 is 2.17 bits per heavy atom. The van der Waals surface area contributed by atoms with Gasteiger partial charge in [-0.3, -0.25) is 0 Å². The average Bonchev–Trinajstić information content (AvgIpc) is 2.03. The lowest BCUT2D eigenvalue weighted by Crippen LogP contribution is -2.39. The molecule has 0 aromatic rings. The molecule has 0 amide bonds. The molecule has 1 nitrogen and oxygen atoms in total. The largest absolute Gasteiger partial charge is 0.327 e. The van der Waals surface area contributed by atoms with Gasteiger partial charge in [0.2, 0.25) is 0 Å². The first-order valence-electron chi connectivity index (χ1n) is 5.09. The lowest BCUT2D eigenvalue weighted by Gasteiger charge is -2.35. The van der Waals surface area contributed by atoms with E-state index in [9.17, 15) is 0 Å². The van der Waals surface area contributed by atoms with Crippen molar-refractivity contribution in [2.75, 3.05) is 0 Å². The lowest BCUT2D eigenvalue weighted by molar-refractivity contribution is 0.230. The Hall–Kier alpha value is -0.300. The van der Waals surface area contributed by atoms with Crippen LogP contribution in [0.25, 0.3) is 0 Å². The molecule has 0 spiro atoms. The molecule has 1 heteroatoms. The van der Waals surface area contributed by atoms with Crippen LogP contribution in [0.5, 0.6) is 0 Å². The van der Waals surface area contributed by atoms with Crippen molar-refractivity contribution in [1.82, 2.24) is 0 Å². The predicted molar refractivity (Wildman–Crippen MR) is 53.8 cm³/mol. The Labute approximate surface area is 76.0 Å². The van der Waals surface area contributed by atoms with Gasteiger partial charge < -0.3 is 5.73 Å². The predicted octanol–water partition coefficient (Wildman–Crippen LogP) is 2.57. The maximum absolute atomic E-state index is 6.09. The first-order chi connectivity index (χ1) is 5.66. The standard InChI is InChI=1S/C11H21N/c1-4-9-6-5-7-10(12)11(9)8(2)3/h5-6,8-11H,4,7,12H2,1-3H3. The van der Waals surface area contributed by atoms with Crippen LogP contribution in [0.2, 0.25) is 0 Å². The summed E-state index contributed by atoms with van der Waals surface area (Å²) in [4.78, 5) is 0. The van der Waals surface area contributed by atoms with E-state index in [-0.39, 0.29) is 0 Å². The first-order valence-corrected chi connectivity index (χ1v) is 5.09. The topological polar surface area (TPSA) is 26.0 Å². The van der Waals surface area contributed by atoms with Gasteiger partial charge in [0, 0.05) is 6.04 Å². The second-order valence-corrected chi connectivity index (χ2v) is 4.22. The molecule has 3 atom stereocenters. The van der Waals surface area contributed by atoms with E-state index in [1.54, 1.807) is 0 Å². The Kier molecular flexibility index (Phi) is 3.33. The van der Waals surface area contributed by atoms with Crippen molar-refractivity contribution in [3.63, 3.8) is 0 Å².